The summed E-state index contributed by atoms with van der Waals surface area (Å²) in [6.45, 7) is 0. The second-order valence-electron chi connectivity index (χ2n) is 5.66. The van der Waals surface area contributed by atoms with Crippen molar-refractivity contribution in [2.45, 2.75) is 12.5 Å². The average Bonchev–Trinajstić information content (AvgIpc) is 3.07. The van der Waals surface area contributed by atoms with Crippen molar-refractivity contribution < 1.29 is 14.0 Å². The summed E-state index contributed by atoms with van der Waals surface area (Å²) in [4.78, 5) is 25.6. The third kappa shape index (κ3) is 3.21. The number of hydrazone groups is 1. The second kappa shape index (κ2) is 6.72. The van der Waals surface area contributed by atoms with Gasteiger partial charge in [0.25, 0.3) is 5.91 Å². The molecule has 25 heavy (non-hydrogen) atoms. The van der Waals surface area contributed by atoms with Gasteiger partial charge >= 0.3 is 0 Å². The number of hydrogen-bond donors (Lipinski definition) is 1. The van der Waals surface area contributed by atoms with Gasteiger partial charge in [0.1, 0.15) is 17.6 Å². The van der Waals surface area contributed by atoms with E-state index >= 15 is 0 Å². The maximum Gasteiger partial charge on any atom is 0.274 e. The Kier molecular flexibility index (Phi) is 4.47. The zero-order chi connectivity index (χ0) is 18.0. The van der Waals surface area contributed by atoms with Crippen molar-refractivity contribution in [1.82, 2.24) is 0 Å². The highest BCUT2D eigenvalue weighted by Gasteiger charge is 2.36. The van der Waals surface area contributed by atoms with Crippen LogP contribution in [0.2, 0.25) is 0 Å². The van der Waals surface area contributed by atoms with Gasteiger partial charge in [0, 0.05) is 13.5 Å². The molecule has 3 rings (SSSR count). The lowest BCUT2D eigenvalue weighted by molar-refractivity contribution is -0.119. The van der Waals surface area contributed by atoms with Gasteiger partial charge in [-0.1, -0.05) is 30.3 Å². The number of amides is 2. The molecule has 6 nitrogen and oxygen atoms in total. The maximum atomic E-state index is 13.9. The number of nitrogens with zero attached hydrogens (tertiary/aromatic N) is 3. The van der Waals surface area contributed by atoms with E-state index in [0.717, 1.165) is 0 Å². The van der Waals surface area contributed by atoms with Gasteiger partial charge in [0.05, 0.1) is 11.4 Å². The van der Waals surface area contributed by atoms with Gasteiger partial charge in [0.15, 0.2) is 0 Å². The van der Waals surface area contributed by atoms with Crippen LogP contribution in [0.5, 0.6) is 0 Å². The van der Waals surface area contributed by atoms with Crippen LogP contribution in [-0.2, 0) is 9.59 Å². The first kappa shape index (κ1) is 16.6. The van der Waals surface area contributed by atoms with Crippen LogP contribution in [0, 0.1) is 5.82 Å². The SMILES string of the molecule is CN(C(=O)C1=NN(c2ccccc2)C(C(N)=O)C1)c1ccccc1F. The van der Waals surface area contributed by atoms with E-state index in [1.54, 1.807) is 36.4 Å². The number of nitrogens with two attached hydrogens (primary N) is 1. The van der Waals surface area contributed by atoms with E-state index in [4.69, 9.17) is 5.73 Å². The van der Waals surface area contributed by atoms with E-state index < -0.39 is 23.7 Å². The lowest BCUT2D eigenvalue weighted by Gasteiger charge is -2.20. The summed E-state index contributed by atoms with van der Waals surface area (Å²) in [6.07, 6.45) is 0.0713. The smallest absolute Gasteiger partial charge is 0.274 e. The van der Waals surface area contributed by atoms with Crippen molar-refractivity contribution in [2.24, 2.45) is 10.8 Å². The predicted molar refractivity (Wildman–Crippen MR) is 93.8 cm³/mol. The maximum absolute atomic E-state index is 13.9. The number of hydrogen-bond acceptors (Lipinski definition) is 4. The molecule has 1 aliphatic rings. The van der Waals surface area contributed by atoms with Crippen LogP contribution in [0.25, 0.3) is 0 Å². The Morgan fingerprint density at radius 3 is 2.44 bits per heavy atom. The summed E-state index contributed by atoms with van der Waals surface area (Å²) in [7, 11) is 1.47. The zero-order valence-electron chi connectivity index (χ0n) is 13.6. The Labute approximate surface area is 144 Å². The monoisotopic (exact) mass is 340 g/mol. The largest absolute Gasteiger partial charge is 0.368 e. The van der Waals surface area contributed by atoms with E-state index in [-0.39, 0.29) is 17.8 Å². The number of para-hydroxylation sites is 2. The molecule has 2 aromatic rings. The summed E-state index contributed by atoms with van der Waals surface area (Å²) in [6, 6.07) is 14.2. The van der Waals surface area contributed by atoms with Crippen LogP contribution in [0.3, 0.4) is 0 Å². The first-order valence-corrected chi connectivity index (χ1v) is 7.72. The number of anilines is 2. The lowest BCUT2D eigenvalue weighted by atomic mass is 10.1. The Morgan fingerprint density at radius 1 is 1.16 bits per heavy atom. The molecule has 2 aromatic carbocycles. The van der Waals surface area contributed by atoms with Crippen LogP contribution in [0.1, 0.15) is 6.42 Å². The molecule has 128 valence electrons. The van der Waals surface area contributed by atoms with Gasteiger partial charge in [-0.3, -0.25) is 14.6 Å². The number of carbonyl (C=O) groups excluding carboxylic acids is 2. The van der Waals surface area contributed by atoms with Crippen molar-refractivity contribution in [1.29, 1.82) is 0 Å². The molecule has 0 spiro atoms. The molecular formula is C18H17FN4O2. The molecule has 0 saturated carbocycles. The van der Waals surface area contributed by atoms with E-state index in [1.165, 1.54) is 29.1 Å². The first-order chi connectivity index (χ1) is 12.0. The minimum absolute atomic E-state index is 0.0713. The number of rotatable bonds is 4. The average molecular weight is 340 g/mol. The lowest BCUT2D eigenvalue weighted by Crippen LogP contribution is -2.40. The molecule has 2 amide bonds. The normalized spacial score (nSPS) is 16.5. The molecule has 2 N–H and O–H groups in total. The second-order valence-corrected chi connectivity index (χ2v) is 5.66. The molecule has 0 aliphatic carbocycles. The minimum Gasteiger partial charge on any atom is -0.368 e. The van der Waals surface area contributed by atoms with Gasteiger partial charge in [-0.25, -0.2) is 4.39 Å². The summed E-state index contributed by atoms with van der Waals surface area (Å²) in [5, 5.41) is 5.71. The molecule has 0 fully saturated rings. The van der Waals surface area contributed by atoms with E-state index in [1.807, 2.05) is 6.07 Å². The summed E-state index contributed by atoms with van der Waals surface area (Å²) in [5.41, 5.74) is 6.41. The fourth-order valence-electron chi connectivity index (χ4n) is 2.71. The van der Waals surface area contributed by atoms with Crippen LogP contribution >= 0.6 is 0 Å². The summed E-state index contributed by atoms with van der Waals surface area (Å²) < 4.78 is 13.9. The molecule has 1 aliphatic heterocycles. The highest BCUT2D eigenvalue weighted by Crippen LogP contribution is 2.26. The van der Waals surface area contributed by atoms with Crippen LogP contribution < -0.4 is 15.6 Å². The molecule has 0 saturated heterocycles. The van der Waals surface area contributed by atoms with Crippen LogP contribution in [0.4, 0.5) is 15.8 Å². The Balaban J connectivity index is 1.90. The fraction of sp³-hybridized carbons (Fsp3) is 0.167. The number of benzene rings is 2. The van der Waals surface area contributed by atoms with Crippen molar-refractivity contribution in [3.05, 3.63) is 60.4 Å². The Hall–Kier alpha value is -3.22. The van der Waals surface area contributed by atoms with Crippen molar-refractivity contribution in [3.63, 3.8) is 0 Å². The van der Waals surface area contributed by atoms with Gasteiger partial charge in [-0.05, 0) is 24.3 Å². The van der Waals surface area contributed by atoms with Crippen molar-refractivity contribution in [3.8, 4) is 0 Å². The van der Waals surface area contributed by atoms with Crippen molar-refractivity contribution >= 4 is 28.9 Å². The zero-order valence-corrected chi connectivity index (χ0v) is 13.6. The highest BCUT2D eigenvalue weighted by molar-refractivity contribution is 6.44. The third-order valence-electron chi connectivity index (χ3n) is 4.02. The molecule has 7 heteroatoms. The van der Waals surface area contributed by atoms with Gasteiger partial charge in [-0.15, -0.1) is 0 Å². The highest BCUT2D eigenvalue weighted by atomic mass is 19.1. The standard InChI is InChI=1S/C18H17FN4O2/c1-22(15-10-6-5-9-13(15)19)18(25)14-11-16(17(20)24)23(21-14)12-7-3-2-4-8-12/h2-10,16H,11H2,1H3,(H2,20,24). The third-order valence-corrected chi connectivity index (χ3v) is 4.02. The molecular weight excluding hydrogens is 323 g/mol. The van der Waals surface area contributed by atoms with E-state index in [9.17, 15) is 14.0 Å². The first-order valence-electron chi connectivity index (χ1n) is 7.72. The van der Waals surface area contributed by atoms with E-state index in [0.29, 0.717) is 5.69 Å². The number of halogens is 1. The summed E-state index contributed by atoms with van der Waals surface area (Å²) >= 11 is 0. The van der Waals surface area contributed by atoms with Gasteiger partial charge in [0.2, 0.25) is 5.91 Å². The molecule has 0 radical (unpaired) electrons. The Bertz CT molecular complexity index is 838. The molecule has 0 aromatic heterocycles. The quantitative estimate of drug-likeness (QED) is 0.923. The molecule has 1 atom stereocenters. The molecule has 1 heterocycles. The molecule has 0 bridgehead atoms. The topological polar surface area (TPSA) is 79.0 Å². The minimum atomic E-state index is -0.754. The van der Waals surface area contributed by atoms with Gasteiger partial charge < -0.3 is 10.6 Å². The van der Waals surface area contributed by atoms with Gasteiger partial charge in [-0.2, -0.15) is 5.10 Å². The van der Waals surface area contributed by atoms with Crippen LogP contribution in [-0.4, -0.2) is 30.6 Å². The predicted octanol–water partition coefficient (Wildman–Crippen LogP) is 1.91. The fourth-order valence-corrected chi connectivity index (χ4v) is 2.71. The van der Waals surface area contributed by atoms with Crippen LogP contribution in [0.15, 0.2) is 59.7 Å². The van der Waals surface area contributed by atoms with Crippen molar-refractivity contribution in [2.75, 3.05) is 17.0 Å². The Morgan fingerprint density at radius 2 is 1.80 bits per heavy atom. The van der Waals surface area contributed by atoms with E-state index in [2.05, 4.69) is 5.10 Å². The summed E-state index contributed by atoms with van der Waals surface area (Å²) in [5.74, 6) is -1.57. The number of carbonyl (C=O) groups is 2. The number of primary amides is 1. The molecule has 1 unspecified atom stereocenters.